The van der Waals surface area contributed by atoms with Gasteiger partial charge in [-0.3, -0.25) is 9.59 Å². The highest BCUT2D eigenvalue weighted by Crippen LogP contribution is 2.19. The Kier molecular flexibility index (Phi) is 5.64. The van der Waals surface area contributed by atoms with Crippen LogP contribution in [0.4, 0.5) is 5.69 Å². The summed E-state index contributed by atoms with van der Waals surface area (Å²) >= 11 is 0. The van der Waals surface area contributed by atoms with Crippen LogP contribution in [0.5, 0.6) is 5.75 Å². The van der Waals surface area contributed by atoms with Gasteiger partial charge in [0.1, 0.15) is 19.0 Å². The van der Waals surface area contributed by atoms with E-state index in [2.05, 4.69) is 10.6 Å². The highest BCUT2D eigenvalue weighted by molar-refractivity contribution is 5.99. The number of carbonyl (C=O) groups is 2. The first-order valence-electron chi connectivity index (χ1n) is 8.19. The van der Waals surface area contributed by atoms with E-state index in [0.29, 0.717) is 31.0 Å². The first-order chi connectivity index (χ1) is 12.2. The van der Waals surface area contributed by atoms with E-state index in [9.17, 15) is 9.59 Å². The van der Waals surface area contributed by atoms with Crippen molar-refractivity contribution in [2.24, 2.45) is 0 Å². The summed E-state index contributed by atoms with van der Waals surface area (Å²) in [6, 6.07) is 14.8. The Morgan fingerprint density at radius 2 is 1.96 bits per heavy atom. The Morgan fingerprint density at radius 1 is 1.12 bits per heavy atom. The molecule has 0 atom stereocenters. The molecule has 0 fully saturated rings. The second-order valence-corrected chi connectivity index (χ2v) is 5.64. The van der Waals surface area contributed by atoms with E-state index in [1.54, 1.807) is 12.1 Å². The number of anilines is 1. The second kappa shape index (κ2) is 8.30. The Labute approximate surface area is 146 Å². The van der Waals surface area contributed by atoms with Gasteiger partial charge in [0.05, 0.1) is 6.61 Å². The summed E-state index contributed by atoms with van der Waals surface area (Å²) in [5.74, 6) is 0.394. The molecule has 2 N–H and O–H groups in total. The average molecular weight is 340 g/mol. The van der Waals surface area contributed by atoms with Gasteiger partial charge in [0.2, 0.25) is 5.91 Å². The number of amides is 2. The van der Waals surface area contributed by atoms with Crippen molar-refractivity contribution in [2.75, 3.05) is 31.7 Å². The van der Waals surface area contributed by atoms with Gasteiger partial charge in [-0.1, -0.05) is 24.3 Å². The fourth-order valence-electron chi connectivity index (χ4n) is 2.59. The van der Waals surface area contributed by atoms with Crippen LogP contribution < -0.4 is 15.4 Å². The number of fused-ring (bicyclic) bond motifs is 1. The molecule has 0 saturated heterocycles. The largest absolute Gasteiger partial charge is 0.491 e. The van der Waals surface area contributed by atoms with Gasteiger partial charge in [0.15, 0.2) is 0 Å². The van der Waals surface area contributed by atoms with Crippen LogP contribution in [0.3, 0.4) is 0 Å². The maximum Gasteiger partial charge on any atom is 0.251 e. The molecule has 2 aromatic carbocycles. The summed E-state index contributed by atoms with van der Waals surface area (Å²) in [4.78, 5) is 23.7. The molecular formula is C19H20N2O4. The van der Waals surface area contributed by atoms with Gasteiger partial charge in [-0.05, 0) is 36.2 Å². The molecule has 25 heavy (non-hydrogen) atoms. The van der Waals surface area contributed by atoms with E-state index in [4.69, 9.17) is 9.47 Å². The Hall–Kier alpha value is -2.86. The number of carbonyl (C=O) groups excluding carboxylic acids is 2. The Balaban J connectivity index is 1.41. The molecule has 6 nitrogen and oxygen atoms in total. The van der Waals surface area contributed by atoms with Crippen molar-refractivity contribution >= 4 is 17.5 Å². The standard InChI is InChI=1S/C19H20N2O4/c22-18(13-24-10-11-25-16-4-2-1-3-5-16)21-15-7-6-14-8-9-20-19(23)17(14)12-15/h1-7,12H,8-11,13H2,(H,20,23)(H,21,22). The van der Waals surface area contributed by atoms with Crippen LogP contribution in [0.25, 0.3) is 0 Å². The SMILES string of the molecule is O=C(COCCOc1ccccc1)Nc1ccc2c(c1)C(=O)NCC2. The average Bonchev–Trinajstić information content (AvgIpc) is 2.63. The number of ether oxygens (including phenoxy) is 2. The van der Waals surface area contributed by atoms with Gasteiger partial charge in [-0.15, -0.1) is 0 Å². The molecule has 0 spiro atoms. The van der Waals surface area contributed by atoms with Gasteiger partial charge in [0.25, 0.3) is 5.91 Å². The lowest BCUT2D eigenvalue weighted by Crippen LogP contribution is -2.32. The van der Waals surface area contributed by atoms with Crippen LogP contribution in [0.1, 0.15) is 15.9 Å². The highest BCUT2D eigenvalue weighted by atomic mass is 16.5. The zero-order valence-corrected chi connectivity index (χ0v) is 13.8. The van der Waals surface area contributed by atoms with Crippen LogP contribution in [-0.4, -0.2) is 38.2 Å². The highest BCUT2D eigenvalue weighted by Gasteiger charge is 2.17. The number of nitrogens with one attached hydrogen (secondary N) is 2. The van der Waals surface area contributed by atoms with Crippen molar-refractivity contribution in [3.05, 3.63) is 59.7 Å². The maximum atomic E-state index is 11.9. The van der Waals surface area contributed by atoms with E-state index < -0.39 is 0 Å². The predicted octanol–water partition coefficient (Wildman–Crippen LogP) is 2.01. The van der Waals surface area contributed by atoms with Crippen molar-refractivity contribution in [2.45, 2.75) is 6.42 Å². The fourth-order valence-corrected chi connectivity index (χ4v) is 2.59. The molecule has 2 amide bonds. The normalized spacial score (nSPS) is 12.9. The van der Waals surface area contributed by atoms with E-state index in [0.717, 1.165) is 17.7 Å². The quantitative estimate of drug-likeness (QED) is 0.756. The van der Waals surface area contributed by atoms with Crippen LogP contribution in [0, 0.1) is 0 Å². The van der Waals surface area contributed by atoms with Crippen molar-refractivity contribution in [1.82, 2.24) is 5.32 Å². The van der Waals surface area contributed by atoms with Crippen molar-refractivity contribution < 1.29 is 19.1 Å². The molecule has 0 aromatic heterocycles. The van der Waals surface area contributed by atoms with E-state index in [1.807, 2.05) is 36.4 Å². The van der Waals surface area contributed by atoms with Gasteiger partial charge < -0.3 is 20.1 Å². The molecule has 0 radical (unpaired) electrons. The molecule has 1 aliphatic heterocycles. The molecule has 0 aliphatic carbocycles. The number of rotatable bonds is 7. The summed E-state index contributed by atoms with van der Waals surface area (Å²) in [7, 11) is 0. The van der Waals surface area contributed by atoms with Gasteiger partial charge in [-0.2, -0.15) is 0 Å². The van der Waals surface area contributed by atoms with Gasteiger partial charge >= 0.3 is 0 Å². The number of benzene rings is 2. The predicted molar refractivity (Wildman–Crippen MR) is 93.9 cm³/mol. The fraction of sp³-hybridized carbons (Fsp3) is 0.263. The topological polar surface area (TPSA) is 76.7 Å². The van der Waals surface area contributed by atoms with Gasteiger partial charge in [0, 0.05) is 17.8 Å². The minimum absolute atomic E-state index is 0.0680. The van der Waals surface area contributed by atoms with Crippen LogP contribution in [0.2, 0.25) is 0 Å². The molecule has 130 valence electrons. The van der Waals surface area contributed by atoms with Crippen LogP contribution >= 0.6 is 0 Å². The first kappa shape index (κ1) is 17.0. The van der Waals surface area contributed by atoms with E-state index in [-0.39, 0.29) is 18.4 Å². The lowest BCUT2D eigenvalue weighted by atomic mass is 10.00. The summed E-state index contributed by atoms with van der Waals surface area (Å²) < 4.78 is 10.8. The molecule has 0 bridgehead atoms. The van der Waals surface area contributed by atoms with Crippen LogP contribution in [-0.2, 0) is 16.0 Å². The monoisotopic (exact) mass is 340 g/mol. The number of para-hydroxylation sites is 1. The van der Waals surface area contributed by atoms with E-state index >= 15 is 0 Å². The third-order valence-corrected chi connectivity index (χ3v) is 3.79. The van der Waals surface area contributed by atoms with Crippen molar-refractivity contribution in [1.29, 1.82) is 0 Å². The summed E-state index contributed by atoms with van der Waals surface area (Å²) in [5, 5.41) is 5.53. The lowest BCUT2D eigenvalue weighted by Gasteiger charge is -2.17. The Morgan fingerprint density at radius 3 is 2.80 bits per heavy atom. The molecule has 1 heterocycles. The summed E-state index contributed by atoms with van der Waals surface area (Å²) in [5.41, 5.74) is 2.20. The third kappa shape index (κ3) is 4.81. The zero-order chi connectivity index (χ0) is 17.5. The minimum atomic E-state index is -0.268. The smallest absolute Gasteiger partial charge is 0.251 e. The van der Waals surface area contributed by atoms with E-state index in [1.165, 1.54) is 0 Å². The Bertz CT molecular complexity index is 746. The molecule has 3 rings (SSSR count). The number of hydrogen-bond acceptors (Lipinski definition) is 4. The van der Waals surface area contributed by atoms with Crippen LogP contribution in [0.15, 0.2) is 48.5 Å². The molecule has 0 unspecified atom stereocenters. The number of hydrogen-bond donors (Lipinski definition) is 2. The van der Waals surface area contributed by atoms with Crippen molar-refractivity contribution in [3.63, 3.8) is 0 Å². The second-order valence-electron chi connectivity index (χ2n) is 5.64. The van der Waals surface area contributed by atoms with Gasteiger partial charge in [-0.25, -0.2) is 0 Å². The minimum Gasteiger partial charge on any atom is -0.491 e. The molecule has 2 aromatic rings. The summed E-state index contributed by atoms with van der Waals surface area (Å²) in [6.07, 6.45) is 0.805. The van der Waals surface area contributed by atoms with Crippen molar-refractivity contribution in [3.8, 4) is 5.75 Å². The molecule has 1 aliphatic rings. The maximum absolute atomic E-state index is 11.9. The molecule has 6 heteroatoms. The molecular weight excluding hydrogens is 320 g/mol. The first-order valence-corrected chi connectivity index (χ1v) is 8.19. The molecule has 0 saturated carbocycles. The zero-order valence-electron chi connectivity index (χ0n) is 13.8. The summed E-state index contributed by atoms with van der Waals surface area (Å²) in [6.45, 7) is 1.27. The lowest BCUT2D eigenvalue weighted by molar-refractivity contribution is -0.120. The third-order valence-electron chi connectivity index (χ3n) is 3.79.